The van der Waals surface area contributed by atoms with E-state index in [1.807, 2.05) is 0 Å². The third kappa shape index (κ3) is 4.51. The number of amides is 1. The number of carbonyl (C=O) groups excluding carboxylic acids is 1. The summed E-state index contributed by atoms with van der Waals surface area (Å²) in [7, 11) is 0. The number of carboxylic acid groups (broad SMARTS) is 1. The first kappa shape index (κ1) is 17.4. The van der Waals surface area contributed by atoms with Gasteiger partial charge in [-0.15, -0.1) is 0 Å². The Bertz CT molecular complexity index is 746. The first-order valence-corrected chi connectivity index (χ1v) is 6.97. The number of ether oxygens (including phenoxy) is 1. The van der Waals surface area contributed by atoms with Gasteiger partial charge in [0.2, 0.25) is 0 Å². The van der Waals surface area contributed by atoms with E-state index in [0.717, 1.165) is 0 Å². The predicted molar refractivity (Wildman–Crippen MR) is 80.2 cm³/mol. The van der Waals surface area contributed by atoms with E-state index >= 15 is 0 Å². The van der Waals surface area contributed by atoms with Gasteiger partial charge in [0, 0.05) is 6.20 Å². The predicted octanol–water partition coefficient (Wildman–Crippen LogP) is 2.52. The highest BCUT2D eigenvalue weighted by atomic mass is 19.3. The molecule has 1 amide bonds. The lowest BCUT2D eigenvalue weighted by molar-refractivity contribution is -0.137. The fraction of sp³-hybridized carbons (Fsp3) is 0.267. The number of benzene rings is 1. The highest BCUT2D eigenvalue weighted by molar-refractivity contribution is 6.03. The van der Waals surface area contributed by atoms with Crippen molar-refractivity contribution >= 4 is 17.6 Å². The van der Waals surface area contributed by atoms with Crippen LogP contribution in [0.2, 0.25) is 0 Å². The number of alkyl halides is 2. The Labute approximate surface area is 135 Å². The van der Waals surface area contributed by atoms with Crippen LogP contribution in [0.4, 0.5) is 14.5 Å². The Morgan fingerprint density at radius 1 is 1.38 bits per heavy atom. The normalized spacial score (nSPS) is 10.7. The highest BCUT2D eigenvalue weighted by Gasteiger charge is 2.16. The van der Waals surface area contributed by atoms with E-state index in [0.29, 0.717) is 5.56 Å². The monoisotopic (exact) mass is 339 g/mol. The topological polar surface area (TPSA) is 93.5 Å². The van der Waals surface area contributed by atoms with Gasteiger partial charge in [0.25, 0.3) is 5.91 Å². The third-order valence-corrected chi connectivity index (χ3v) is 3.09. The fourth-order valence-corrected chi connectivity index (χ4v) is 2.02. The van der Waals surface area contributed by atoms with Crippen molar-refractivity contribution in [2.24, 2.45) is 0 Å². The number of nitrogens with zero attached hydrogens (tertiary/aromatic N) is 2. The van der Waals surface area contributed by atoms with Gasteiger partial charge in [-0.1, -0.05) is 6.07 Å². The van der Waals surface area contributed by atoms with Crippen LogP contribution in [0, 0.1) is 6.92 Å². The van der Waals surface area contributed by atoms with Gasteiger partial charge >= 0.3 is 12.6 Å². The summed E-state index contributed by atoms with van der Waals surface area (Å²) in [5.41, 5.74) is 0.881. The average Bonchev–Trinajstić information content (AvgIpc) is 2.96. The maximum absolute atomic E-state index is 12.5. The Kier molecular flexibility index (Phi) is 5.46. The maximum Gasteiger partial charge on any atom is 0.387 e. The SMILES string of the molecule is Cc1ccc(NC(=O)c2ccnn2CCC(=O)O)c(OC(F)F)c1. The molecule has 1 heterocycles. The molecule has 0 aliphatic carbocycles. The molecule has 0 unspecified atom stereocenters. The fourth-order valence-electron chi connectivity index (χ4n) is 2.02. The van der Waals surface area contributed by atoms with Crippen molar-refractivity contribution in [2.75, 3.05) is 5.32 Å². The van der Waals surface area contributed by atoms with E-state index in [-0.39, 0.29) is 30.1 Å². The number of anilines is 1. The van der Waals surface area contributed by atoms with Gasteiger partial charge in [-0.25, -0.2) is 0 Å². The lowest BCUT2D eigenvalue weighted by atomic mass is 10.2. The summed E-state index contributed by atoms with van der Waals surface area (Å²) in [6.45, 7) is -1.31. The van der Waals surface area contributed by atoms with Crippen LogP contribution in [-0.4, -0.2) is 33.4 Å². The van der Waals surface area contributed by atoms with Gasteiger partial charge < -0.3 is 15.2 Å². The smallest absolute Gasteiger partial charge is 0.387 e. The second kappa shape index (κ2) is 7.53. The standard InChI is InChI=1S/C15H15F2N3O4/c1-9-2-3-10(12(8-9)24-15(16)17)19-14(23)11-4-6-18-20(11)7-5-13(21)22/h2-4,6,8,15H,5,7H2,1H3,(H,19,23)(H,21,22). The van der Waals surface area contributed by atoms with Crippen molar-refractivity contribution < 1.29 is 28.2 Å². The van der Waals surface area contributed by atoms with Crippen LogP contribution in [0.15, 0.2) is 30.5 Å². The Balaban J connectivity index is 2.18. The minimum atomic E-state index is -3.02. The van der Waals surface area contributed by atoms with Gasteiger partial charge in [-0.3, -0.25) is 14.3 Å². The van der Waals surface area contributed by atoms with Crippen LogP contribution in [0.5, 0.6) is 5.75 Å². The lowest BCUT2D eigenvalue weighted by Crippen LogP contribution is -2.19. The molecule has 0 saturated heterocycles. The van der Waals surface area contributed by atoms with Gasteiger partial charge in [-0.2, -0.15) is 13.9 Å². The molecular weight excluding hydrogens is 324 g/mol. The number of aliphatic carboxylic acids is 1. The molecule has 0 spiro atoms. The minimum Gasteiger partial charge on any atom is -0.481 e. The van der Waals surface area contributed by atoms with Crippen molar-refractivity contribution in [3.05, 3.63) is 41.7 Å². The van der Waals surface area contributed by atoms with E-state index in [2.05, 4.69) is 15.2 Å². The molecular formula is C15H15F2N3O4. The average molecular weight is 339 g/mol. The molecule has 0 radical (unpaired) electrons. The molecule has 0 aliphatic heterocycles. The number of carbonyl (C=O) groups is 2. The first-order chi connectivity index (χ1) is 11.4. The summed E-state index contributed by atoms with van der Waals surface area (Å²) in [5, 5.41) is 15.0. The van der Waals surface area contributed by atoms with Crippen molar-refractivity contribution in [3.8, 4) is 5.75 Å². The zero-order chi connectivity index (χ0) is 17.7. The molecule has 9 heteroatoms. The molecule has 2 aromatic rings. The Hall–Kier alpha value is -2.97. The van der Waals surface area contributed by atoms with E-state index in [1.165, 1.54) is 29.1 Å². The second-order valence-corrected chi connectivity index (χ2v) is 4.92. The number of aryl methyl sites for hydroxylation is 2. The van der Waals surface area contributed by atoms with Crippen molar-refractivity contribution in [2.45, 2.75) is 26.5 Å². The van der Waals surface area contributed by atoms with Crippen LogP contribution >= 0.6 is 0 Å². The van der Waals surface area contributed by atoms with E-state index in [1.54, 1.807) is 13.0 Å². The zero-order valence-electron chi connectivity index (χ0n) is 12.7. The number of hydrogen-bond acceptors (Lipinski definition) is 4. The molecule has 1 aromatic carbocycles. The molecule has 0 aliphatic rings. The number of nitrogens with one attached hydrogen (secondary N) is 1. The molecule has 24 heavy (non-hydrogen) atoms. The van der Waals surface area contributed by atoms with Crippen LogP contribution in [0.25, 0.3) is 0 Å². The van der Waals surface area contributed by atoms with Crippen LogP contribution in [-0.2, 0) is 11.3 Å². The van der Waals surface area contributed by atoms with Gasteiger partial charge in [0.15, 0.2) is 0 Å². The minimum absolute atomic E-state index is 0.0133. The largest absolute Gasteiger partial charge is 0.481 e. The summed E-state index contributed by atoms with van der Waals surface area (Å²) in [6.07, 6.45) is 1.15. The van der Waals surface area contributed by atoms with Crippen LogP contribution in [0.1, 0.15) is 22.5 Å². The molecule has 0 atom stereocenters. The molecule has 2 N–H and O–H groups in total. The van der Waals surface area contributed by atoms with Gasteiger partial charge in [0.1, 0.15) is 11.4 Å². The van der Waals surface area contributed by atoms with Gasteiger partial charge in [-0.05, 0) is 30.7 Å². The molecule has 2 rings (SSSR count). The van der Waals surface area contributed by atoms with Crippen molar-refractivity contribution in [1.82, 2.24) is 9.78 Å². The Morgan fingerprint density at radius 2 is 2.12 bits per heavy atom. The van der Waals surface area contributed by atoms with Crippen LogP contribution in [0.3, 0.4) is 0 Å². The molecule has 128 valence electrons. The summed E-state index contributed by atoms with van der Waals surface area (Å²) >= 11 is 0. The molecule has 1 aromatic heterocycles. The van der Waals surface area contributed by atoms with Crippen molar-refractivity contribution in [3.63, 3.8) is 0 Å². The first-order valence-electron chi connectivity index (χ1n) is 6.97. The number of aromatic nitrogens is 2. The molecule has 0 fully saturated rings. The maximum atomic E-state index is 12.5. The number of rotatable bonds is 7. The van der Waals surface area contributed by atoms with Gasteiger partial charge in [0.05, 0.1) is 18.7 Å². The Morgan fingerprint density at radius 3 is 2.79 bits per heavy atom. The third-order valence-electron chi connectivity index (χ3n) is 3.09. The molecule has 0 bridgehead atoms. The summed E-state index contributed by atoms with van der Waals surface area (Å²) < 4.78 is 30.6. The van der Waals surface area contributed by atoms with Crippen molar-refractivity contribution in [1.29, 1.82) is 0 Å². The number of hydrogen-bond donors (Lipinski definition) is 2. The zero-order valence-corrected chi connectivity index (χ0v) is 12.7. The van der Waals surface area contributed by atoms with E-state index in [4.69, 9.17) is 5.11 Å². The van der Waals surface area contributed by atoms with E-state index < -0.39 is 18.5 Å². The quantitative estimate of drug-likeness (QED) is 0.808. The molecule has 7 nitrogen and oxygen atoms in total. The van der Waals surface area contributed by atoms with E-state index in [9.17, 15) is 18.4 Å². The number of carboxylic acids is 1. The summed E-state index contributed by atoms with van der Waals surface area (Å²) in [6, 6.07) is 5.86. The summed E-state index contributed by atoms with van der Waals surface area (Å²) in [4.78, 5) is 22.9. The number of halogens is 2. The molecule has 0 saturated carbocycles. The summed E-state index contributed by atoms with van der Waals surface area (Å²) in [5.74, 6) is -1.79. The second-order valence-electron chi connectivity index (χ2n) is 4.92. The van der Waals surface area contributed by atoms with Crippen LogP contribution < -0.4 is 10.1 Å². The highest BCUT2D eigenvalue weighted by Crippen LogP contribution is 2.27. The lowest BCUT2D eigenvalue weighted by Gasteiger charge is -2.13.